The van der Waals surface area contributed by atoms with Crippen molar-refractivity contribution in [1.82, 2.24) is 0 Å². The summed E-state index contributed by atoms with van der Waals surface area (Å²) in [6, 6.07) is 4.84. The molecule has 0 amide bonds. The molecule has 1 atom stereocenters. The van der Waals surface area contributed by atoms with Gasteiger partial charge in [0, 0.05) is 13.2 Å². The van der Waals surface area contributed by atoms with Gasteiger partial charge in [-0.25, -0.2) is 0 Å². The Bertz CT molecular complexity index is 410. The molecule has 18 heavy (non-hydrogen) atoms. The molecule has 100 valence electrons. The minimum absolute atomic E-state index is 0.0762. The number of benzene rings is 1. The lowest BCUT2D eigenvalue weighted by Gasteiger charge is -2.10. The van der Waals surface area contributed by atoms with Gasteiger partial charge in [0.05, 0.1) is 4.92 Å². The van der Waals surface area contributed by atoms with E-state index in [2.05, 4.69) is 5.32 Å². The summed E-state index contributed by atoms with van der Waals surface area (Å²) in [6.45, 7) is 2.75. The van der Waals surface area contributed by atoms with Gasteiger partial charge in [-0.1, -0.05) is 13.0 Å². The van der Waals surface area contributed by atoms with Crippen molar-refractivity contribution in [2.75, 3.05) is 24.2 Å². The van der Waals surface area contributed by atoms with Gasteiger partial charge in [0.15, 0.2) is 0 Å². The number of nitro groups is 1. The average molecular weight is 253 g/mol. The molecule has 0 heterocycles. The summed E-state index contributed by atoms with van der Waals surface area (Å²) in [5.74, 6) is 0.252. The molecule has 0 bridgehead atoms. The Morgan fingerprint density at radius 3 is 2.89 bits per heavy atom. The number of nitrogen functional groups attached to an aromatic ring is 1. The number of nitrogens with two attached hydrogens (primary N) is 1. The quantitative estimate of drug-likeness (QED) is 0.298. The van der Waals surface area contributed by atoms with E-state index in [9.17, 15) is 10.1 Å². The van der Waals surface area contributed by atoms with Gasteiger partial charge in [0.25, 0.3) is 0 Å². The lowest BCUT2D eigenvalue weighted by atomic mass is 10.1. The molecular weight excluding hydrogens is 234 g/mol. The van der Waals surface area contributed by atoms with Crippen molar-refractivity contribution in [2.45, 2.75) is 19.8 Å². The first-order valence-corrected chi connectivity index (χ1v) is 5.94. The number of nitrogens with zero attached hydrogens (tertiary/aromatic N) is 1. The van der Waals surface area contributed by atoms with Crippen LogP contribution in [0.1, 0.15) is 19.8 Å². The van der Waals surface area contributed by atoms with Crippen LogP contribution in [0.4, 0.5) is 17.1 Å². The van der Waals surface area contributed by atoms with Crippen LogP contribution < -0.4 is 11.1 Å². The highest BCUT2D eigenvalue weighted by molar-refractivity contribution is 5.74. The number of aliphatic hydroxyl groups excluding tert-OH is 1. The van der Waals surface area contributed by atoms with Crippen molar-refractivity contribution in [1.29, 1.82) is 0 Å². The van der Waals surface area contributed by atoms with E-state index in [-0.39, 0.29) is 23.9 Å². The number of hydrogen-bond acceptors (Lipinski definition) is 5. The molecule has 0 aliphatic carbocycles. The van der Waals surface area contributed by atoms with Gasteiger partial charge in [-0.3, -0.25) is 10.1 Å². The fourth-order valence-corrected chi connectivity index (χ4v) is 1.67. The first-order valence-electron chi connectivity index (χ1n) is 5.94. The molecule has 1 aromatic rings. The van der Waals surface area contributed by atoms with E-state index in [0.717, 1.165) is 12.8 Å². The highest BCUT2D eigenvalue weighted by atomic mass is 16.6. The lowest BCUT2D eigenvalue weighted by Crippen LogP contribution is -2.08. The Kier molecular flexibility index (Phi) is 5.38. The first-order chi connectivity index (χ1) is 8.56. The number of anilines is 2. The predicted molar refractivity (Wildman–Crippen MR) is 71.5 cm³/mol. The molecule has 6 nitrogen and oxygen atoms in total. The van der Waals surface area contributed by atoms with E-state index in [1.165, 1.54) is 6.07 Å². The Hall–Kier alpha value is -1.82. The smallest absolute Gasteiger partial charge is 0.314 e. The molecule has 0 aromatic heterocycles. The van der Waals surface area contributed by atoms with Crippen LogP contribution in [0.2, 0.25) is 0 Å². The number of nitrogens with one attached hydrogen (secondary N) is 1. The largest absolute Gasteiger partial charge is 0.396 e. The van der Waals surface area contributed by atoms with Gasteiger partial charge >= 0.3 is 5.69 Å². The van der Waals surface area contributed by atoms with Crippen LogP contribution in [0.15, 0.2) is 18.2 Å². The molecule has 1 unspecified atom stereocenters. The zero-order valence-corrected chi connectivity index (χ0v) is 10.4. The minimum Gasteiger partial charge on any atom is -0.396 e. The standard InChI is InChI=1S/C12H19N3O3/c1-9(8-16)4-3-7-14-11-6-2-5-10(13)12(11)15(17)18/h2,5-6,9,14,16H,3-4,7-8,13H2,1H3. The summed E-state index contributed by atoms with van der Waals surface area (Å²) < 4.78 is 0. The summed E-state index contributed by atoms with van der Waals surface area (Å²) in [7, 11) is 0. The number of aliphatic hydroxyl groups is 1. The van der Waals surface area contributed by atoms with E-state index in [4.69, 9.17) is 10.8 Å². The zero-order chi connectivity index (χ0) is 13.5. The average Bonchev–Trinajstić information content (AvgIpc) is 2.33. The van der Waals surface area contributed by atoms with Crippen LogP contribution in [0.5, 0.6) is 0 Å². The topological polar surface area (TPSA) is 101 Å². The van der Waals surface area contributed by atoms with Crippen LogP contribution in [-0.2, 0) is 0 Å². The fourth-order valence-electron chi connectivity index (χ4n) is 1.67. The number of para-hydroxylation sites is 1. The third kappa shape index (κ3) is 3.89. The molecule has 0 spiro atoms. The maximum atomic E-state index is 10.9. The Labute approximate surface area is 106 Å². The van der Waals surface area contributed by atoms with Crippen LogP contribution >= 0.6 is 0 Å². The van der Waals surface area contributed by atoms with Crippen LogP contribution in [-0.4, -0.2) is 23.2 Å². The summed E-state index contributed by atoms with van der Waals surface area (Å²) in [4.78, 5) is 10.4. The van der Waals surface area contributed by atoms with Gasteiger partial charge in [-0.2, -0.15) is 0 Å². The van der Waals surface area contributed by atoms with Crippen LogP contribution in [0.3, 0.4) is 0 Å². The highest BCUT2D eigenvalue weighted by Crippen LogP contribution is 2.30. The van der Waals surface area contributed by atoms with Crippen LogP contribution in [0.25, 0.3) is 0 Å². The van der Waals surface area contributed by atoms with Crippen molar-refractivity contribution < 1.29 is 10.0 Å². The third-order valence-corrected chi connectivity index (χ3v) is 2.75. The van der Waals surface area contributed by atoms with E-state index >= 15 is 0 Å². The second kappa shape index (κ2) is 6.80. The molecule has 1 rings (SSSR count). The third-order valence-electron chi connectivity index (χ3n) is 2.75. The summed E-state index contributed by atoms with van der Waals surface area (Å²) in [6.07, 6.45) is 1.72. The minimum atomic E-state index is -0.478. The summed E-state index contributed by atoms with van der Waals surface area (Å²) >= 11 is 0. The van der Waals surface area contributed by atoms with Crippen molar-refractivity contribution in [3.8, 4) is 0 Å². The SMILES string of the molecule is CC(CO)CCCNc1cccc(N)c1[N+](=O)[O-]. The van der Waals surface area contributed by atoms with Crippen molar-refractivity contribution in [3.63, 3.8) is 0 Å². The van der Waals surface area contributed by atoms with Gasteiger partial charge in [0.2, 0.25) is 0 Å². The number of hydrogen-bond donors (Lipinski definition) is 3. The maximum absolute atomic E-state index is 10.9. The van der Waals surface area contributed by atoms with Crippen molar-refractivity contribution >= 4 is 17.1 Å². The molecule has 0 aliphatic rings. The summed E-state index contributed by atoms with van der Waals surface area (Å²) in [5.41, 5.74) is 6.11. The number of rotatable bonds is 7. The van der Waals surface area contributed by atoms with Crippen molar-refractivity contribution in [3.05, 3.63) is 28.3 Å². The molecule has 0 radical (unpaired) electrons. The van der Waals surface area contributed by atoms with Gasteiger partial charge in [0.1, 0.15) is 11.4 Å². The monoisotopic (exact) mass is 253 g/mol. The van der Waals surface area contributed by atoms with Gasteiger partial charge < -0.3 is 16.2 Å². The predicted octanol–water partition coefficient (Wildman–Crippen LogP) is 2.00. The fraction of sp³-hybridized carbons (Fsp3) is 0.500. The Morgan fingerprint density at radius 1 is 1.56 bits per heavy atom. The highest BCUT2D eigenvalue weighted by Gasteiger charge is 2.16. The van der Waals surface area contributed by atoms with Crippen molar-refractivity contribution in [2.24, 2.45) is 5.92 Å². The first kappa shape index (κ1) is 14.2. The van der Waals surface area contributed by atoms with Crippen LogP contribution in [0, 0.1) is 16.0 Å². The van der Waals surface area contributed by atoms with Gasteiger partial charge in [-0.15, -0.1) is 0 Å². The van der Waals surface area contributed by atoms with E-state index in [0.29, 0.717) is 12.2 Å². The molecule has 1 aromatic carbocycles. The second-order valence-corrected chi connectivity index (χ2v) is 4.36. The molecule has 6 heteroatoms. The van der Waals surface area contributed by atoms with E-state index in [1.807, 2.05) is 6.92 Å². The van der Waals surface area contributed by atoms with Gasteiger partial charge in [-0.05, 0) is 30.9 Å². The molecule has 0 saturated carbocycles. The molecular formula is C12H19N3O3. The second-order valence-electron chi connectivity index (χ2n) is 4.36. The summed E-state index contributed by atoms with van der Waals surface area (Å²) in [5, 5.41) is 22.8. The zero-order valence-electron chi connectivity index (χ0n) is 10.4. The normalized spacial score (nSPS) is 12.1. The molecule has 4 N–H and O–H groups in total. The number of nitro benzene ring substituents is 1. The Balaban J connectivity index is 2.57. The lowest BCUT2D eigenvalue weighted by molar-refractivity contribution is -0.383. The Morgan fingerprint density at radius 2 is 2.28 bits per heavy atom. The molecule has 0 aliphatic heterocycles. The maximum Gasteiger partial charge on any atom is 0.314 e. The molecule has 0 saturated heterocycles. The van der Waals surface area contributed by atoms with E-state index < -0.39 is 4.92 Å². The van der Waals surface area contributed by atoms with E-state index in [1.54, 1.807) is 12.1 Å². The molecule has 0 fully saturated rings.